The van der Waals surface area contributed by atoms with Crippen LogP contribution >= 0.6 is 0 Å². The SMILES string of the molecule is C=C1C[C@]23C[C@@]1(O)CC[C@@H]2c1cccc(C)c1[C@@H]3C(=O)OCCOCCO. The molecule has 0 radical (unpaired) electrons. The van der Waals surface area contributed by atoms with Gasteiger partial charge in [-0.15, -0.1) is 0 Å². The van der Waals surface area contributed by atoms with Crippen LogP contribution in [0, 0.1) is 12.3 Å². The molecule has 27 heavy (non-hydrogen) atoms. The van der Waals surface area contributed by atoms with Crippen LogP contribution in [0.15, 0.2) is 30.4 Å². The molecule has 4 rings (SSSR count). The van der Waals surface area contributed by atoms with E-state index in [1.165, 1.54) is 5.56 Å². The van der Waals surface area contributed by atoms with Crippen molar-refractivity contribution >= 4 is 5.97 Å². The number of carbonyl (C=O) groups is 1. The van der Waals surface area contributed by atoms with E-state index in [4.69, 9.17) is 14.6 Å². The Morgan fingerprint density at radius 1 is 1.33 bits per heavy atom. The largest absolute Gasteiger partial charge is 0.463 e. The fraction of sp³-hybridized carbons (Fsp3) is 0.591. The van der Waals surface area contributed by atoms with Crippen LogP contribution in [0.25, 0.3) is 0 Å². The molecular formula is C22H28O5. The van der Waals surface area contributed by atoms with Crippen molar-refractivity contribution in [2.45, 2.75) is 50.0 Å². The molecule has 2 saturated carbocycles. The van der Waals surface area contributed by atoms with Gasteiger partial charge in [-0.25, -0.2) is 0 Å². The van der Waals surface area contributed by atoms with Gasteiger partial charge in [0.25, 0.3) is 0 Å². The summed E-state index contributed by atoms with van der Waals surface area (Å²) in [5.74, 6) is -0.350. The van der Waals surface area contributed by atoms with Crippen LogP contribution in [0.4, 0.5) is 0 Å². The van der Waals surface area contributed by atoms with Crippen LogP contribution in [0.2, 0.25) is 0 Å². The van der Waals surface area contributed by atoms with E-state index in [1.807, 2.05) is 13.0 Å². The second-order valence-corrected chi connectivity index (χ2v) is 8.33. The number of aliphatic hydroxyl groups is 2. The zero-order valence-electron chi connectivity index (χ0n) is 15.9. The van der Waals surface area contributed by atoms with E-state index in [0.29, 0.717) is 19.3 Å². The van der Waals surface area contributed by atoms with Gasteiger partial charge in [-0.05, 0) is 60.8 Å². The molecule has 3 aliphatic carbocycles. The zero-order chi connectivity index (χ0) is 19.2. The third kappa shape index (κ3) is 2.75. The summed E-state index contributed by atoms with van der Waals surface area (Å²) >= 11 is 0. The number of benzene rings is 1. The predicted octanol–water partition coefficient (Wildman–Crippen LogP) is 2.59. The summed E-state index contributed by atoms with van der Waals surface area (Å²) in [5, 5.41) is 19.8. The lowest BCUT2D eigenvalue weighted by molar-refractivity contribution is -0.151. The van der Waals surface area contributed by atoms with E-state index in [9.17, 15) is 9.90 Å². The van der Waals surface area contributed by atoms with Gasteiger partial charge in [0, 0.05) is 5.41 Å². The van der Waals surface area contributed by atoms with Crippen LogP contribution in [-0.2, 0) is 14.3 Å². The fourth-order valence-electron chi connectivity index (χ4n) is 5.84. The van der Waals surface area contributed by atoms with E-state index in [2.05, 4.69) is 18.7 Å². The van der Waals surface area contributed by atoms with Crippen LogP contribution in [-0.4, -0.2) is 48.2 Å². The van der Waals surface area contributed by atoms with Crippen LogP contribution < -0.4 is 0 Å². The average molecular weight is 372 g/mol. The summed E-state index contributed by atoms with van der Waals surface area (Å²) in [6, 6.07) is 6.24. The third-order valence-electron chi connectivity index (χ3n) is 6.90. The number of hydrogen-bond acceptors (Lipinski definition) is 5. The third-order valence-corrected chi connectivity index (χ3v) is 6.90. The van der Waals surface area contributed by atoms with Crippen LogP contribution in [0.3, 0.4) is 0 Å². The molecule has 5 heteroatoms. The summed E-state index contributed by atoms with van der Waals surface area (Å²) < 4.78 is 10.8. The average Bonchev–Trinajstić information content (AvgIpc) is 3.02. The van der Waals surface area contributed by atoms with Crippen molar-refractivity contribution < 1.29 is 24.5 Å². The van der Waals surface area contributed by atoms with E-state index in [0.717, 1.165) is 23.1 Å². The first-order chi connectivity index (χ1) is 12.9. The summed E-state index contributed by atoms with van der Waals surface area (Å²) in [7, 11) is 0. The molecule has 4 atom stereocenters. The Kier molecular flexibility index (Phi) is 4.65. The number of esters is 1. The maximum atomic E-state index is 13.2. The van der Waals surface area contributed by atoms with E-state index in [1.54, 1.807) is 0 Å². The first-order valence-electron chi connectivity index (χ1n) is 9.78. The predicted molar refractivity (Wildman–Crippen MR) is 101 cm³/mol. The Labute approximate surface area is 160 Å². The fourth-order valence-corrected chi connectivity index (χ4v) is 5.84. The highest BCUT2D eigenvalue weighted by Crippen LogP contribution is 2.71. The van der Waals surface area contributed by atoms with Gasteiger partial charge in [0.2, 0.25) is 0 Å². The van der Waals surface area contributed by atoms with Gasteiger partial charge in [-0.2, -0.15) is 0 Å². The summed E-state index contributed by atoms with van der Waals surface area (Å²) in [4.78, 5) is 13.2. The minimum Gasteiger partial charge on any atom is -0.463 e. The highest BCUT2D eigenvalue weighted by atomic mass is 16.6. The minimum absolute atomic E-state index is 0.0470. The van der Waals surface area contributed by atoms with Crippen molar-refractivity contribution in [1.29, 1.82) is 0 Å². The Morgan fingerprint density at radius 2 is 2.15 bits per heavy atom. The molecule has 0 aliphatic heterocycles. The molecule has 0 unspecified atom stereocenters. The molecule has 3 aliphatic rings. The molecular weight excluding hydrogens is 344 g/mol. The van der Waals surface area contributed by atoms with Gasteiger partial charge in [0.05, 0.1) is 31.3 Å². The van der Waals surface area contributed by atoms with Crippen molar-refractivity contribution in [1.82, 2.24) is 0 Å². The van der Waals surface area contributed by atoms with Crippen LogP contribution in [0.5, 0.6) is 0 Å². The maximum Gasteiger partial charge on any atom is 0.314 e. The number of fused-ring (bicyclic) bond motifs is 3. The molecule has 146 valence electrons. The Morgan fingerprint density at radius 3 is 2.93 bits per heavy atom. The maximum absolute atomic E-state index is 13.2. The molecule has 1 spiro atoms. The zero-order valence-corrected chi connectivity index (χ0v) is 15.9. The number of hydrogen-bond donors (Lipinski definition) is 2. The number of aryl methyl sites for hydroxylation is 1. The summed E-state index contributed by atoms with van der Waals surface area (Å²) in [5.41, 5.74) is 3.11. The minimum atomic E-state index is -0.852. The molecule has 0 amide bonds. The quantitative estimate of drug-likeness (QED) is 0.456. The smallest absolute Gasteiger partial charge is 0.314 e. The molecule has 0 heterocycles. The first-order valence-corrected chi connectivity index (χ1v) is 9.78. The highest BCUT2D eigenvalue weighted by Gasteiger charge is 2.66. The van der Waals surface area contributed by atoms with Crippen molar-refractivity contribution in [2.24, 2.45) is 5.41 Å². The molecule has 2 fully saturated rings. The first kappa shape index (κ1) is 18.7. The second kappa shape index (κ2) is 6.73. The van der Waals surface area contributed by atoms with Crippen molar-refractivity contribution in [3.05, 3.63) is 47.0 Å². The van der Waals surface area contributed by atoms with Gasteiger partial charge in [-0.3, -0.25) is 4.79 Å². The van der Waals surface area contributed by atoms with Crippen molar-refractivity contribution in [3.8, 4) is 0 Å². The Hall–Kier alpha value is -1.69. The topological polar surface area (TPSA) is 76.0 Å². The van der Waals surface area contributed by atoms with E-state index < -0.39 is 5.60 Å². The van der Waals surface area contributed by atoms with E-state index >= 15 is 0 Å². The number of ether oxygens (including phenoxy) is 2. The monoisotopic (exact) mass is 372 g/mol. The normalized spacial score (nSPS) is 33.7. The van der Waals surface area contributed by atoms with Gasteiger partial charge in [-0.1, -0.05) is 24.8 Å². The van der Waals surface area contributed by atoms with Crippen molar-refractivity contribution in [3.63, 3.8) is 0 Å². The number of aliphatic hydroxyl groups excluding tert-OH is 1. The molecule has 2 bridgehead atoms. The lowest BCUT2D eigenvalue weighted by Gasteiger charge is -2.41. The molecule has 0 saturated heterocycles. The highest BCUT2D eigenvalue weighted by molar-refractivity contribution is 5.83. The van der Waals surface area contributed by atoms with Gasteiger partial charge >= 0.3 is 5.97 Å². The summed E-state index contributed by atoms with van der Waals surface area (Å²) in [6.45, 7) is 6.83. The Bertz CT molecular complexity index is 772. The molecule has 1 aromatic rings. The Balaban J connectivity index is 1.66. The standard InChI is InChI=1S/C22H28O5/c1-14-4-3-5-16-17-6-7-22(25)13-21(17,12-15(22)2)19(18(14)16)20(24)27-11-10-26-9-8-23/h3-5,17,19,23,25H,2,6-13H2,1H3/t17-,19-,21+,22+/m1/s1. The lowest BCUT2D eigenvalue weighted by Crippen LogP contribution is -2.40. The van der Waals surface area contributed by atoms with E-state index in [-0.39, 0.29) is 49.6 Å². The molecule has 2 N–H and O–H groups in total. The number of rotatable bonds is 6. The van der Waals surface area contributed by atoms with Gasteiger partial charge in [0.1, 0.15) is 6.61 Å². The number of carbonyl (C=O) groups excluding carboxylic acids is 1. The molecule has 5 nitrogen and oxygen atoms in total. The second-order valence-electron chi connectivity index (χ2n) is 8.33. The van der Waals surface area contributed by atoms with Gasteiger partial charge < -0.3 is 19.7 Å². The van der Waals surface area contributed by atoms with Crippen molar-refractivity contribution in [2.75, 3.05) is 26.4 Å². The lowest BCUT2D eigenvalue weighted by atomic mass is 9.63. The van der Waals surface area contributed by atoms with Gasteiger partial charge in [0.15, 0.2) is 0 Å². The molecule has 0 aromatic heterocycles. The molecule has 1 aromatic carbocycles. The summed E-state index contributed by atoms with van der Waals surface area (Å²) in [6.07, 6.45) is 2.83. The van der Waals surface area contributed by atoms with Crippen LogP contribution in [0.1, 0.15) is 54.2 Å².